The van der Waals surface area contributed by atoms with Crippen molar-refractivity contribution in [3.63, 3.8) is 0 Å². The van der Waals surface area contributed by atoms with Crippen molar-refractivity contribution in [1.82, 2.24) is 15.0 Å². The van der Waals surface area contributed by atoms with Crippen LogP contribution in [0.4, 0.5) is 5.95 Å². The van der Waals surface area contributed by atoms with E-state index in [4.69, 9.17) is 11.6 Å². The molecule has 9 heteroatoms. The van der Waals surface area contributed by atoms with Crippen molar-refractivity contribution < 1.29 is 8.42 Å². The third-order valence-corrected chi connectivity index (χ3v) is 6.35. The molecular formula is C19H21ClN4O3S. The zero-order valence-electron chi connectivity index (χ0n) is 15.7. The lowest BCUT2D eigenvalue weighted by Crippen LogP contribution is -2.21. The minimum Gasteiger partial charge on any atom is -0.347 e. The second-order valence-corrected chi connectivity index (χ2v) is 9.46. The molecule has 1 unspecified atom stereocenters. The number of aromatic amines is 1. The van der Waals surface area contributed by atoms with Gasteiger partial charge in [0.25, 0.3) is 5.56 Å². The van der Waals surface area contributed by atoms with Gasteiger partial charge in [0.2, 0.25) is 5.95 Å². The Morgan fingerprint density at radius 2 is 1.93 bits per heavy atom. The van der Waals surface area contributed by atoms with Crippen LogP contribution in [0.25, 0.3) is 10.9 Å². The molecule has 2 N–H and O–H groups in total. The SMILES string of the molecule is CC(C)CS(=O)(=O)c1ccnc(NC(C)c2cc3cc(Cl)ccc3[nH]c2=O)n1. The number of H-pyrrole nitrogens is 1. The summed E-state index contributed by atoms with van der Waals surface area (Å²) < 4.78 is 24.8. The van der Waals surface area contributed by atoms with Gasteiger partial charge in [-0.05, 0) is 43.2 Å². The van der Waals surface area contributed by atoms with E-state index in [2.05, 4.69) is 20.3 Å². The number of nitrogens with zero attached hydrogens (tertiary/aromatic N) is 2. The fourth-order valence-corrected chi connectivity index (χ4v) is 4.62. The Balaban J connectivity index is 1.90. The fourth-order valence-electron chi connectivity index (χ4n) is 2.90. The number of aromatic nitrogens is 3. The number of hydrogen-bond donors (Lipinski definition) is 2. The number of rotatable bonds is 6. The van der Waals surface area contributed by atoms with Crippen molar-refractivity contribution in [3.05, 3.63) is 57.5 Å². The molecule has 0 amide bonds. The average Bonchev–Trinajstić information content (AvgIpc) is 2.60. The van der Waals surface area contributed by atoms with E-state index in [1.165, 1.54) is 12.3 Å². The van der Waals surface area contributed by atoms with Gasteiger partial charge in [0.05, 0.1) is 11.8 Å². The van der Waals surface area contributed by atoms with E-state index in [0.29, 0.717) is 16.1 Å². The number of hydrogen-bond acceptors (Lipinski definition) is 6. The Morgan fingerprint density at radius 1 is 1.18 bits per heavy atom. The lowest BCUT2D eigenvalue weighted by Gasteiger charge is -2.15. The number of benzene rings is 1. The molecule has 148 valence electrons. The Labute approximate surface area is 168 Å². The van der Waals surface area contributed by atoms with Crippen molar-refractivity contribution in [2.24, 2.45) is 5.92 Å². The molecule has 3 aromatic rings. The maximum absolute atomic E-state index is 12.4. The molecule has 3 rings (SSSR count). The van der Waals surface area contributed by atoms with Crippen LogP contribution in [-0.4, -0.2) is 29.1 Å². The number of sulfone groups is 1. The molecule has 2 heterocycles. The molecule has 0 saturated heterocycles. The summed E-state index contributed by atoms with van der Waals surface area (Å²) >= 11 is 6.03. The summed E-state index contributed by atoms with van der Waals surface area (Å²) in [6, 6.07) is 7.88. The summed E-state index contributed by atoms with van der Waals surface area (Å²) in [6.07, 6.45) is 1.39. The normalized spacial score (nSPS) is 13.0. The molecule has 7 nitrogen and oxygen atoms in total. The highest BCUT2D eigenvalue weighted by Gasteiger charge is 2.20. The number of nitrogens with one attached hydrogen (secondary N) is 2. The summed E-state index contributed by atoms with van der Waals surface area (Å²) in [5, 5.41) is 4.33. The molecule has 1 aromatic carbocycles. The van der Waals surface area contributed by atoms with Crippen molar-refractivity contribution in [3.8, 4) is 0 Å². The Morgan fingerprint density at radius 3 is 2.64 bits per heavy atom. The van der Waals surface area contributed by atoms with Crippen molar-refractivity contribution in [1.29, 1.82) is 0 Å². The van der Waals surface area contributed by atoms with E-state index >= 15 is 0 Å². The van der Waals surface area contributed by atoms with Gasteiger partial charge in [-0.1, -0.05) is 25.4 Å². The largest absolute Gasteiger partial charge is 0.347 e. The van der Waals surface area contributed by atoms with Crippen molar-refractivity contribution in [2.75, 3.05) is 11.1 Å². The van der Waals surface area contributed by atoms with Crippen LogP contribution in [0.1, 0.15) is 32.4 Å². The van der Waals surface area contributed by atoms with E-state index in [9.17, 15) is 13.2 Å². The average molecular weight is 421 g/mol. The second-order valence-electron chi connectivity index (χ2n) is 7.05. The first-order chi connectivity index (χ1) is 13.2. The van der Waals surface area contributed by atoms with Gasteiger partial charge in [-0.2, -0.15) is 0 Å². The zero-order valence-corrected chi connectivity index (χ0v) is 17.3. The lowest BCUT2D eigenvalue weighted by atomic mass is 10.1. The maximum Gasteiger partial charge on any atom is 0.253 e. The topological polar surface area (TPSA) is 105 Å². The highest BCUT2D eigenvalue weighted by atomic mass is 35.5. The van der Waals surface area contributed by atoms with Crippen LogP contribution in [0.5, 0.6) is 0 Å². The van der Waals surface area contributed by atoms with E-state index in [1.807, 2.05) is 13.8 Å². The predicted molar refractivity (Wildman–Crippen MR) is 111 cm³/mol. The smallest absolute Gasteiger partial charge is 0.253 e. The van der Waals surface area contributed by atoms with E-state index in [0.717, 1.165) is 5.39 Å². The van der Waals surface area contributed by atoms with Crippen LogP contribution < -0.4 is 10.9 Å². The quantitative estimate of drug-likeness (QED) is 0.590. The van der Waals surface area contributed by atoms with Gasteiger partial charge in [0, 0.05) is 27.7 Å². The number of halogens is 1. The summed E-state index contributed by atoms with van der Waals surface area (Å²) in [5.74, 6) is 0.130. The van der Waals surface area contributed by atoms with Gasteiger partial charge in [-0.25, -0.2) is 18.4 Å². The minimum absolute atomic E-state index is 0.00408. The summed E-state index contributed by atoms with van der Waals surface area (Å²) in [6.45, 7) is 5.44. The van der Waals surface area contributed by atoms with Crippen LogP contribution in [0.3, 0.4) is 0 Å². The summed E-state index contributed by atoms with van der Waals surface area (Å²) in [4.78, 5) is 23.5. The molecule has 1 atom stereocenters. The molecule has 2 aromatic heterocycles. The van der Waals surface area contributed by atoms with Gasteiger partial charge in [0.15, 0.2) is 14.9 Å². The molecule has 0 radical (unpaired) electrons. The first-order valence-corrected chi connectivity index (χ1v) is 10.8. The van der Waals surface area contributed by atoms with Gasteiger partial charge in [0.1, 0.15) is 0 Å². The van der Waals surface area contributed by atoms with E-state index in [1.54, 1.807) is 31.2 Å². The predicted octanol–water partition coefficient (Wildman–Crippen LogP) is 3.57. The molecule has 0 aliphatic heterocycles. The van der Waals surface area contributed by atoms with Crippen LogP contribution in [-0.2, 0) is 9.84 Å². The third-order valence-electron chi connectivity index (χ3n) is 4.15. The first-order valence-electron chi connectivity index (χ1n) is 8.80. The third kappa shape index (κ3) is 4.51. The molecule has 0 saturated carbocycles. The molecule has 0 bridgehead atoms. The first kappa shape index (κ1) is 20.3. The van der Waals surface area contributed by atoms with Crippen LogP contribution in [0.15, 0.2) is 46.3 Å². The maximum atomic E-state index is 12.4. The monoisotopic (exact) mass is 420 g/mol. The standard InChI is InChI=1S/C19H21ClN4O3S/c1-11(2)10-28(26,27)17-6-7-21-19(24-17)22-12(3)15-9-13-8-14(20)4-5-16(13)23-18(15)25/h4-9,11-12H,10H2,1-3H3,(H,23,25)(H,21,22,24). The molecule has 0 spiro atoms. The van der Waals surface area contributed by atoms with Crippen molar-refractivity contribution in [2.45, 2.75) is 31.8 Å². The lowest BCUT2D eigenvalue weighted by molar-refractivity contribution is 0.578. The highest BCUT2D eigenvalue weighted by molar-refractivity contribution is 7.91. The highest BCUT2D eigenvalue weighted by Crippen LogP contribution is 2.21. The van der Waals surface area contributed by atoms with Crippen LogP contribution >= 0.6 is 11.6 Å². The van der Waals surface area contributed by atoms with Gasteiger partial charge in [-0.15, -0.1) is 0 Å². The fraction of sp³-hybridized carbons (Fsp3) is 0.316. The van der Waals surface area contributed by atoms with Gasteiger partial charge in [-0.3, -0.25) is 4.79 Å². The Hall–Kier alpha value is -2.45. The Kier molecular flexibility index (Phi) is 5.71. The van der Waals surface area contributed by atoms with E-state index < -0.39 is 15.9 Å². The van der Waals surface area contributed by atoms with Gasteiger partial charge < -0.3 is 10.3 Å². The second kappa shape index (κ2) is 7.89. The van der Waals surface area contributed by atoms with Crippen LogP contribution in [0.2, 0.25) is 5.02 Å². The molecule has 0 aliphatic rings. The minimum atomic E-state index is -3.50. The molecular weight excluding hydrogens is 400 g/mol. The van der Waals surface area contributed by atoms with Crippen LogP contribution in [0, 0.1) is 5.92 Å². The number of pyridine rings is 1. The molecule has 28 heavy (non-hydrogen) atoms. The number of fused-ring (bicyclic) bond motifs is 1. The van der Waals surface area contributed by atoms with Gasteiger partial charge >= 0.3 is 0 Å². The van der Waals surface area contributed by atoms with E-state index in [-0.39, 0.29) is 28.2 Å². The zero-order chi connectivity index (χ0) is 20.5. The Bertz CT molecular complexity index is 1180. The summed E-state index contributed by atoms with van der Waals surface area (Å²) in [5.41, 5.74) is 0.899. The van der Waals surface area contributed by atoms with Crippen molar-refractivity contribution >= 4 is 38.3 Å². The number of anilines is 1. The molecule has 0 aliphatic carbocycles. The molecule has 0 fully saturated rings. The summed E-state index contributed by atoms with van der Waals surface area (Å²) in [7, 11) is -3.50.